The van der Waals surface area contributed by atoms with E-state index in [4.69, 9.17) is 4.74 Å². The van der Waals surface area contributed by atoms with Gasteiger partial charge in [-0.2, -0.15) is 0 Å². The van der Waals surface area contributed by atoms with Crippen molar-refractivity contribution in [1.29, 1.82) is 0 Å². The van der Waals surface area contributed by atoms with Crippen LogP contribution in [0.25, 0.3) is 0 Å². The fourth-order valence-corrected chi connectivity index (χ4v) is 4.67. The molecule has 2 atom stereocenters. The Bertz CT molecular complexity index is 478. The molecule has 6 nitrogen and oxygen atoms in total. The van der Waals surface area contributed by atoms with Gasteiger partial charge in [-0.05, 0) is 32.1 Å². The summed E-state index contributed by atoms with van der Waals surface area (Å²) in [7, 11) is 1.52. The van der Waals surface area contributed by atoms with Crippen molar-refractivity contribution >= 4 is 11.8 Å². The van der Waals surface area contributed by atoms with Gasteiger partial charge in [0.25, 0.3) is 0 Å². The van der Waals surface area contributed by atoms with E-state index in [0.717, 1.165) is 45.1 Å². The Labute approximate surface area is 157 Å². The lowest BCUT2D eigenvalue weighted by molar-refractivity contribution is -0.153. The van der Waals surface area contributed by atoms with Crippen molar-refractivity contribution in [3.8, 4) is 0 Å². The second kappa shape index (κ2) is 9.70. The average Bonchev–Trinajstić information content (AvgIpc) is 2.64. The van der Waals surface area contributed by atoms with E-state index in [1.807, 2.05) is 4.90 Å². The van der Waals surface area contributed by atoms with Crippen LogP contribution in [0.4, 0.5) is 0 Å². The molecule has 0 saturated carbocycles. The van der Waals surface area contributed by atoms with Crippen molar-refractivity contribution in [2.75, 3.05) is 39.9 Å². The number of piperidine rings is 2. The predicted octanol–water partition coefficient (Wildman–Crippen LogP) is 2.05. The van der Waals surface area contributed by atoms with Crippen molar-refractivity contribution in [1.82, 2.24) is 9.80 Å². The van der Waals surface area contributed by atoms with E-state index < -0.39 is 11.5 Å². The van der Waals surface area contributed by atoms with Gasteiger partial charge in [0.2, 0.25) is 11.8 Å². The van der Waals surface area contributed by atoms with Crippen molar-refractivity contribution in [3.05, 3.63) is 0 Å². The number of aliphatic hydroxyl groups is 1. The highest BCUT2D eigenvalue weighted by Gasteiger charge is 2.47. The molecule has 2 heterocycles. The zero-order valence-corrected chi connectivity index (χ0v) is 16.7. The van der Waals surface area contributed by atoms with Crippen LogP contribution in [0.2, 0.25) is 0 Å². The van der Waals surface area contributed by atoms with Gasteiger partial charge in [0.05, 0.1) is 6.10 Å². The minimum Gasteiger partial charge on any atom is -0.392 e. The molecule has 6 heteroatoms. The van der Waals surface area contributed by atoms with Crippen LogP contribution in [0.5, 0.6) is 0 Å². The molecule has 2 aliphatic rings. The van der Waals surface area contributed by atoms with Crippen molar-refractivity contribution in [2.24, 2.45) is 11.3 Å². The van der Waals surface area contributed by atoms with Gasteiger partial charge in [0.1, 0.15) is 6.61 Å². The van der Waals surface area contributed by atoms with Crippen LogP contribution in [0, 0.1) is 11.3 Å². The maximum Gasteiger partial charge on any atom is 0.248 e. The Balaban J connectivity index is 2.10. The van der Waals surface area contributed by atoms with Crippen LogP contribution < -0.4 is 0 Å². The van der Waals surface area contributed by atoms with E-state index >= 15 is 0 Å². The van der Waals surface area contributed by atoms with E-state index in [9.17, 15) is 14.7 Å². The van der Waals surface area contributed by atoms with E-state index in [1.54, 1.807) is 4.90 Å². The van der Waals surface area contributed by atoms with Gasteiger partial charge in [0, 0.05) is 44.6 Å². The first kappa shape index (κ1) is 21.2. The first-order chi connectivity index (χ1) is 12.5. The lowest BCUT2D eigenvalue weighted by Gasteiger charge is -2.51. The maximum atomic E-state index is 13.1. The largest absolute Gasteiger partial charge is 0.392 e. The van der Waals surface area contributed by atoms with Gasteiger partial charge in [0.15, 0.2) is 0 Å². The molecule has 1 N–H and O–H groups in total. The maximum absolute atomic E-state index is 13.1. The summed E-state index contributed by atoms with van der Waals surface area (Å²) in [5.41, 5.74) is -0.390. The number of amides is 2. The SMILES string of the molecule is CCCC(CCC)C(=O)N1CCC[C@@]2(CN(C(=O)COC)CC[C@H]2O)C1. The molecule has 0 unspecified atom stereocenters. The number of hydrogen-bond donors (Lipinski definition) is 1. The summed E-state index contributed by atoms with van der Waals surface area (Å²) in [6, 6.07) is 0. The lowest BCUT2D eigenvalue weighted by Crippen LogP contribution is -2.61. The zero-order chi connectivity index (χ0) is 19.2. The summed E-state index contributed by atoms with van der Waals surface area (Å²) in [5.74, 6) is 0.296. The molecule has 2 fully saturated rings. The van der Waals surface area contributed by atoms with Gasteiger partial charge < -0.3 is 19.6 Å². The number of likely N-dealkylation sites (tertiary alicyclic amines) is 2. The fraction of sp³-hybridized carbons (Fsp3) is 0.900. The summed E-state index contributed by atoms with van der Waals surface area (Å²) in [5, 5.41) is 10.8. The quantitative estimate of drug-likeness (QED) is 0.747. The number of methoxy groups -OCH3 is 1. The second-order valence-corrected chi connectivity index (χ2v) is 8.05. The molecule has 2 amide bonds. The minimum atomic E-state index is -0.458. The molecule has 2 rings (SSSR count). The number of hydrogen-bond acceptors (Lipinski definition) is 4. The number of carbonyl (C=O) groups is 2. The number of ether oxygens (including phenoxy) is 1. The molecule has 2 aliphatic heterocycles. The molecular formula is C20H36N2O4. The Kier molecular flexibility index (Phi) is 7.89. The summed E-state index contributed by atoms with van der Waals surface area (Å²) in [6.07, 6.45) is 5.75. The summed E-state index contributed by atoms with van der Waals surface area (Å²) in [6.45, 7) is 6.73. The third-order valence-corrected chi connectivity index (χ3v) is 6.05. The molecule has 0 aromatic heterocycles. The number of carbonyl (C=O) groups excluding carboxylic acids is 2. The summed E-state index contributed by atoms with van der Waals surface area (Å²) >= 11 is 0. The predicted molar refractivity (Wildman–Crippen MR) is 101 cm³/mol. The highest BCUT2D eigenvalue weighted by atomic mass is 16.5. The van der Waals surface area contributed by atoms with Gasteiger partial charge in [-0.1, -0.05) is 26.7 Å². The molecule has 150 valence electrons. The first-order valence-corrected chi connectivity index (χ1v) is 10.2. The third kappa shape index (κ3) is 4.77. The number of rotatable bonds is 7. The van der Waals surface area contributed by atoms with Crippen LogP contribution in [0.3, 0.4) is 0 Å². The summed E-state index contributed by atoms with van der Waals surface area (Å²) in [4.78, 5) is 29.1. The fourth-order valence-electron chi connectivity index (χ4n) is 4.67. The van der Waals surface area contributed by atoms with Crippen LogP contribution in [-0.4, -0.2) is 72.7 Å². The zero-order valence-electron chi connectivity index (χ0n) is 16.7. The van der Waals surface area contributed by atoms with E-state index in [1.165, 1.54) is 7.11 Å². The van der Waals surface area contributed by atoms with Gasteiger partial charge in [-0.15, -0.1) is 0 Å². The monoisotopic (exact) mass is 368 g/mol. The standard InChI is InChI=1S/C20H36N2O4/c1-4-7-16(8-5-2)19(25)22-11-6-10-20(15-22)14-21(12-9-17(20)23)18(24)13-26-3/h16-17,23H,4-15H2,1-3H3/t17-,20-/m1/s1. The van der Waals surface area contributed by atoms with E-state index in [0.29, 0.717) is 26.1 Å². The Morgan fingerprint density at radius 2 is 1.81 bits per heavy atom. The molecule has 2 saturated heterocycles. The molecule has 0 bridgehead atoms. The van der Waals surface area contributed by atoms with E-state index in [-0.39, 0.29) is 24.3 Å². The molecule has 0 aromatic rings. The van der Waals surface area contributed by atoms with Crippen LogP contribution in [0.1, 0.15) is 58.8 Å². The Morgan fingerprint density at radius 1 is 1.15 bits per heavy atom. The lowest BCUT2D eigenvalue weighted by atomic mass is 9.71. The molecule has 0 radical (unpaired) electrons. The third-order valence-electron chi connectivity index (χ3n) is 6.05. The van der Waals surface area contributed by atoms with Gasteiger partial charge in [-0.25, -0.2) is 0 Å². The second-order valence-electron chi connectivity index (χ2n) is 8.05. The van der Waals surface area contributed by atoms with E-state index in [2.05, 4.69) is 13.8 Å². The van der Waals surface area contributed by atoms with Crippen LogP contribution >= 0.6 is 0 Å². The van der Waals surface area contributed by atoms with Crippen LogP contribution in [-0.2, 0) is 14.3 Å². The van der Waals surface area contributed by atoms with Gasteiger partial charge >= 0.3 is 0 Å². The number of aliphatic hydroxyl groups excluding tert-OH is 1. The van der Waals surface area contributed by atoms with Crippen molar-refractivity contribution in [3.63, 3.8) is 0 Å². The molecule has 1 spiro atoms. The van der Waals surface area contributed by atoms with Crippen LogP contribution in [0.15, 0.2) is 0 Å². The van der Waals surface area contributed by atoms with Gasteiger partial charge in [-0.3, -0.25) is 9.59 Å². The molecule has 26 heavy (non-hydrogen) atoms. The highest BCUT2D eigenvalue weighted by molar-refractivity contribution is 5.79. The smallest absolute Gasteiger partial charge is 0.248 e. The Hall–Kier alpha value is -1.14. The normalized spacial score (nSPS) is 26.6. The number of nitrogens with zero attached hydrogens (tertiary/aromatic N) is 2. The minimum absolute atomic E-state index is 0.0305. The highest BCUT2D eigenvalue weighted by Crippen LogP contribution is 2.39. The van der Waals surface area contributed by atoms with Crippen molar-refractivity contribution in [2.45, 2.75) is 64.9 Å². The first-order valence-electron chi connectivity index (χ1n) is 10.2. The summed E-state index contributed by atoms with van der Waals surface area (Å²) < 4.78 is 4.99. The molecule has 0 aromatic carbocycles. The topological polar surface area (TPSA) is 70.1 Å². The van der Waals surface area contributed by atoms with Crippen molar-refractivity contribution < 1.29 is 19.4 Å². The molecule has 0 aliphatic carbocycles. The average molecular weight is 369 g/mol. The Morgan fingerprint density at radius 3 is 2.42 bits per heavy atom. The molecular weight excluding hydrogens is 332 g/mol.